The van der Waals surface area contributed by atoms with Crippen molar-refractivity contribution in [3.63, 3.8) is 0 Å². The summed E-state index contributed by atoms with van der Waals surface area (Å²) in [6.45, 7) is 8.76. The first-order valence-corrected chi connectivity index (χ1v) is 7.13. The van der Waals surface area contributed by atoms with E-state index in [9.17, 15) is 4.79 Å². The summed E-state index contributed by atoms with van der Waals surface area (Å²) >= 11 is 0. The number of carboxylic acids is 1. The molecule has 0 aromatic carbocycles. The SMILES string of the molecule is CC.CCOC(OCC)C1C=CC(C(CN)C(=O)O)O1. The lowest BCUT2D eigenvalue weighted by molar-refractivity contribution is -0.196. The number of carbonyl (C=O) groups is 1. The molecule has 0 amide bonds. The van der Waals surface area contributed by atoms with Gasteiger partial charge in [0.05, 0.1) is 12.0 Å². The summed E-state index contributed by atoms with van der Waals surface area (Å²) in [5, 5.41) is 9.01. The van der Waals surface area contributed by atoms with E-state index in [2.05, 4.69) is 0 Å². The first kappa shape index (κ1) is 19.1. The van der Waals surface area contributed by atoms with Crippen LogP contribution in [0.25, 0.3) is 0 Å². The molecule has 6 nitrogen and oxygen atoms in total. The van der Waals surface area contributed by atoms with E-state index in [0.29, 0.717) is 13.2 Å². The van der Waals surface area contributed by atoms with Gasteiger partial charge < -0.3 is 25.1 Å². The Bertz CT molecular complexity index is 289. The number of nitrogens with two attached hydrogens (primary N) is 1. The minimum absolute atomic E-state index is 0.0327. The van der Waals surface area contributed by atoms with Crippen LogP contribution >= 0.6 is 0 Å². The second kappa shape index (κ2) is 10.8. The van der Waals surface area contributed by atoms with Gasteiger partial charge in [0.25, 0.3) is 0 Å². The fraction of sp³-hybridized carbons (Fsp3) is 0.786. The third-order valence-corrected chi connectivity index (χ3v) is 2.70. The number of aliphatic carboxylic acids is 1. The lowest BCUT2D eigenvalue weighted by atomic mass is 10.0. The van der Waals surface area contributed by atoms with Crippen molar-refractivity contribution >= 4 is 5.97 Å². The molecule has 0 radical (unpaired) electrons. The zero-order chi connectivity index (χ0) is 15.5. The Balaban J connectivity index is 0.00000172. The molecule has 0 saturated heterocycles. The van der Waals surface area contributed by atoms with Crippen LogP contribution in [0, 0.1) is 5.92 Å². The summed E-state index contributed by atoms with van der Waals surface area (Å²) in [6.07, 6.45) is 2.06. The Morgan fingerprint density at radius 1 is 1.25 bits per heavy atom. The fourth-order valence-electron chi connectivity index (χ4n) is 1.82. The van der Waals surface area contributed by atoms with E-state index in [1.807, 2.05) is 27.7 Å². The molecule has 3 unspecified atom stereocenters. The summed E-state index contributed by atoms with van der Waals surface area (Å²) in [4.78, 5) is 11.0. The Morgan fingerprint density at radius 2 is 1.75 bits per heavy atom. The van der Waals surface area contributed by atoms with Crippen LogP contribution in [0.5, 0.6) is 0 Å². The minimum atomic E-state index is -0.961. The minimum Gasteiger partial charge on any atom is -0.481 e. The van der Waals surface area contributed by atoms with Gasteiger partial charge in [-0.25, -0.2) is 0 Å². The lowest BCUT2D eigenvalue weighted by Crippen LogP contribution is -2.38. The third-order valence-electron chi connectivity index (χ3n) is 2.70. The van der Waals surface area contributed by atoms with Gasteiger partial charge in [-0.15, -0.1) is 0 Å². The highest BCUT2D eigenvalue weighted by atomic mass is 16.7. The van der Waals surface area contributed by atoms with Crippen LogP contribution in [0.1, 0.15) is 27.7 Å². The van der Waals surface area contributed by atoms with Crippen molar-refractivity contribution in [2.75, 3.05) is 19.8 Å². The molecule has 20 heavy (non-hydrogen) atoms. The van der Waals surface area contributed by atoms with E-state index < -0.39 is 24.3 Å². The average molecular weight is 289 g/mol. The fourth-order valence-corrected chi connectivity index (χ4v) is 1.82. The molecule has 0 saturated carbocycles. The average Bonchev–Trinajstić information content (AvgIpc) is 2.90. The summed E-state index contributed by atoms with van der Waals surface area (Å²) in [7, 11) is 0. The zero-order valence-corrected chi connectivity index (χ0v) is 12.7. The molecule has 0 aliphatic carbocycles. The normalized spacial score (nSPS) is 22.5. The topological polar surface area (TPSA) is 91.0 Å². The predicted molar refractivity (Wildman–Crippen MR) is 76.4 cm³/mol. The molecule has 0 spiro atoms. The summed E-state index contributed by atoms with van der Waals surface area (Å²) in [6, 6.07) is 0. The number of hydrogen-bond acceptors (Lipinski definition) is 5. The van der Waals surface area contributed by atoms with Gasteiger partial charge in [0, 0.05) is 19.8 Å². The van der Waals surface area contributed by atoms with Gasteiger partial charge >= 0.3 is 5.97 Å². The quantitative estimate of drug-likeness (QED) is 0.518. The molecule has 6 heteroatoms. The number of carboxylic acid groups (broad SMARTS) is 1. The van der Waals surface area contributed by atoms with Crippen molar-refractivity contribution < 1.29 is 24.1 Å². The number of ether oxygens (including phenoxy) is 3. The molecule has 0 aromatic rings. The molecule has 3 N–H and O–H groups in total. The highest BCUT2D eigenvalue weighted by Gasteiger charge is 2.34. The smallest absolute Gasteiger partial charge is 0.310 e. The van der Waals surface area contributed by atoms with Crippen LogP contribution < -0.4 is 5.73 Å². The van der Waals surface area contributed by atoms with Crippen molar-refractivity contribution in [3.8, 4) is 0 Å². The molecule has 3 atom stereocenters. The van der Waals surface area contributed by atoms with E-state index in [-0.39, 0.29) is 12.6 Å². The first-order valence-electron chi connectivity index (χ1n) is 7.13. The molecule has 1 aliphatic heterocycles. The maximum absolute atomic E-state index is 11.0. The van der Waals surface area contributed by atoms with Crippen LogP contribution in [0.3, 0.4) is 0 Å². The van der Waals surface area contributed by atoms with Gasteiger partial charge in [0.1, 0.15) is 6.10 Å². The molecule has 118 valence electrons. The Labute approximate surface area is 120 Å². The molecule has 0 aromatic heterocycles. The van der Waals surface area contributed by atoms with Crippen molar-refractivity contribution in [2.45, 2.75) is 46.2 Å². The molecule has 1 aliphatic rings. The van der Waals surface area contributed by atoms with Crippen molar-refractivity contribution in [2.24, 2.45) is 11.7 Å². The summed E-state index contributed by atoms with van der Waals surface area (Å²) in [5.74, 6) is -1.70. The first-order chi connectivity index (χ1) is 9.63. The summed E-state index contributed by atoms with van der Waals surface area (Å²) < 4.78 is 16.4. The second-order valence-electron chi connectivity index (χ2n) is 3.91. The van der Waals surface area contributed by atoms with Gasteiger partial charge in [0.15, 0.2) is 6.29 Å². The molecular weight excluding hydrogens is 262 g/mol. The van der Waals surface area contributed by atoms with E-state index in [4.69, 9.17) is 25.1 Å². The number of hydrogen-bond donors (Lipinski definition) is 2. The Morgan fingerprint density at radius 3 is 2.15 bits per heavy atom. The van der Waals surface area contributed by atoms with Crippen molar-refractivity contribution in [1.29, 1.82) is 0 Å². The maximum Gasteiger partial charge on any atom is 0.310 e. The highest BCUT2D eigenvalue weighted by Crippen LogP contribution is 2.22. The molecule has 0 bridgehead atoms. The Hall–Kier alpha value is -0.950. The van der Waals surface area contributed by atoms with E-state index >= 15 is 0 Å². The van der Waals surface area contributed by atoms with Crippen molar-refractivity contribution in [3.05, 3.63) is 12.2 Å². The second-order valence-corrected chi connectivity index (χ2v) is 3.91. The summed E-state index contributed by atoms with van der Waals surface area (Å²) in [5.41, 5.74) is 5.44. The molecule has 1 rings (SSSR count). The van der Waals surface area contributed by atoms with Gasteiger partial charge in [-0.1, -0.05) is 26.0 Å². The van der Waals surface area contributed by atoms with E-state index in [1.165, 1.54) is 0 Å². The molecular formula is C14H27NO5. The van der Waals surface area contributed by atoms with Crippen LogP contribution in [-0.2, 0) is 19.0 Å². The van der Waals surface area contributed by atoms with Gasteiger partial charge in [-0.3, -0.25) is 4.79 Å². The highest BCUT2D eigenvalue weighted by molar-refractivity contribution is 5.71. The van der Waals surface area contributed by atoms with Gasteiger partial charge in [0.2, 0.25) is 0 Å². The predicted octanol–water partition coefficient (Wildman–Crippen LogP) is 1.39. The zero-order valence-electron chi connectivity index (χ0n) is 12.7. The van der Waals surface area contributed by atoms with E-state index in [0.717, 1.165) is 0 Å². The van der Waals surface area contributed by atoms with Crippen LogP contribution in [0.2, 0.25) is 0 Å². The van der Waals surface area contributed by atoms with E-state index in [1.54, 1.807) is 12.2 Å². The van der Waals surface area contributed by atoms with Crippen LogP contribution in [-0.4, -0.2) is 49.3 Å². The van der Waals surface area contributed by atoms with Crippen LogP contribution in [0.15, 0.2) is 12.2 Å². The standard InChI is InChI=1S/C12H21NO5.C2H6/c1-3-16-12(17-4-2)10-6-5-9(18-10)8(7-13)11(14)15;1-2/h5-6,8-10,12H,3-4,7,13H2,1-2H3,(H,14,15);1-2H3. The van der Waals surface area contributed by atoms with Crippen molar-refractivity contribution in [1.82, 2.24) is 0 Å². The monoisotopic (exact) mass is 289 g/mol. The van der Waals surface area contributed by atoms with Gasteiger partial charge in [-0.2, -0.15) is 0 Å². The van der Waals surface area contributed by atoms with Gasteiger partial charge in [-0.05, 0) is 13.8 Å². The van der Waals surface area contributed by atoms with Crippen LogP contribution in [0.4, 0.5) is 0 Å². The molecule has 1 heterocycles. The number of rotatable bonds is 8. The Kier molecular flexibility index (Phi) is 10.3. The molecule has 0 fully saturated rings. The maximum atomic E-state index is 11.0. The third kappa shape index (κ3) is 5.58. The largest absolute Gasteiger partial charge is 0.481 e. The lowest BCUT2D eigenvalue weighted by Gasteiger charge is -2.25.